The number of ether oxygens (including phenoxy) is 1. The van der Waals surface area contributed by atoms with Crippen LogP contribution >= 0.6 is 0 Å². The second-order valence-corrected chi connectivity index (χ2v) is 16.4. The van der Waals surface area contributed by atoms with E-state index < -0.39 is 34.9 Å². The van der Waals surface area contributed by atoms with Gasteiger partial charge in [-0.1, -0.05) is 89.5 Å². The van der Waals surface area contributed by atoms with Gasteiger partial charge in [0.25, 0.3) is 0 Å². The Kier molecular flexibility index (Phi) is 14.4. The van der Waals surface area contributed by atoms with Gasteiger partial charge in [0.2, 0.25) is 0 Å². The van der Waals surface area contributed by atoms with E-state index in [-0.39, 0.29) is 24.0 Å². The van der Waals surface area contributed by atoms with Gasteiger partial charge < -0.3 is 4.74 Å². The molecule has 2 fully saturated rings. The molecule has 55 heavy (non-hydrogen) atoms. The minimum atomic E-state index is -1.51. The first-order chi connectivity index (χ1) is 26.6. The fourth-order valence-electron chi connectivity index (χ4n) is 9.10. The van der Waals surface area contributed by atoms with Crippen LogP contribution in [0.1, 0.15) is 162 Å². The molecule has 2 saturated carbocycles. The highest BCUT2D eigenvalue weighted by Gasteiger charge is 2.26. The monoisotopic (exact) mass is 762 g/mol. The molecule has 1 nitrogen and oxygen atoms in total. The quantitative estimate of drug-likeness (QED) is 0.0627. The van der Waals surface area contributed by atoms with Crippen LogP contribution in [0.2, 0.25) is 0 Å². The zero-order valence-electron chi connectivity index (χ0n) is 32.5. The maximum absolute atomic E-state index is 14.4. The van der Waals surface area contributed by atoms with Gasteiger partial charge in [0, 0.05) is 12.8 Å². The first kappa shape index (κ1) is 40.9. The van der Waals surface area contributed by atoms with Crippen LogP contribution in [0, 0.1) is 46.7 Å². The molecule has 0 unspecified atom stereocenters. The van der Waals surface area contributed by atoms with E-state index in [2.05, 4.69) is 26.0 Å². The van der Waals surface area contributed by atoms with Crippen LogP contribution in [0.25, 0.3) is 0 Å². The van der Waals surface area contributed by atoms with E-state index in [1.54, 1.807) is 0 Å². The molecule has 0 radical (unpaired) electrons. The summed E-state index contributed by atoms with van der Waals surface area (Å²) in [5.74, 6) is -4.90. The van der Waals surface area contributed by atoms with Gasteiger partial charge in [-0.3, -0.25) is 0 Å². The predicted molar refractivity (Wildman–Crippen MR) is 209 cm³/mol. The van der Waals surface area contributed by atoms with Crippen molar-refractivity contribution in [3.63, 3.8) is 0 Å². The average molecular weight is 763 g/mol. The lowest BCUT2D eigenvalue weighted by Crippen LogP contribution is -2.14. The SMILES string of the molecule is CCCCCC1CCC(c2ccc(Oc3ccc(C4CCC(CCCCC)CC4)cc3Cc3cc(F)c(F)c(F)c3)c(Cc3cc(F)c(F)c(F)c3)c2)CC1. The Morgan fingerprint density at radius 2 is 0.836 bits per heavy atom. The van der Waals surface area contributed by atoms with Crippen LogP contribution in [-0.4, -0.2) is 0 Å². The molecule has 0 spiro atoms. The van der Waals surface area contributed by atoms with Crippen molar-refractivity contribution in [3.05, 3.63) is 129 Å². The maximum atomic E-state index is 14.4. The fourth-order valence-corrected chi connectivity index (χ4v) is 9.10. The fraction of sp³-hybridized carbons (Fsp3) is 0.500. The lowest BCUT2D eigenvalue weighted by molar-refractivity contribution is 0.302. The van der Waals surface area contributed by atoms with Crippen molar-refractivity contribution >= 4 is 0 Å². The summed E-state index contributed by atoms with van der Waals surface area (Å²) in [6, 6.07) is 16.1. The van der Waals surface area contributed by atoms with Crippen LogP contribution in [0.4, 0.5) is 26.3 Å². The van der Waals surface area contributed by atoms with Crippen molar-refractivity contribution in [2.75, 3.05) is 0 Å². The van der Waals surface area contributed by atoms with Crippen molar-refractivity contribution in [2.24, 2.45) is 11.8 Å². The van der Waals surface area contributed by atoms with Crippen LogP contribution < -0.4 is 4.74 Å². The van der Waals surface area contributed by atoms with Gasteiger partial charge in [0.1, 0.15) is 11.5 Å². The molecule has 0 atom stereocenters. The Labute approximate surface area is 323 Å². The van der Waals surface area contributed by atoms with Crippen LogP contribution in [0.3, 0.4) is 0 Å². The van der Waals surface area contributed by atoms with E-state index in [0.29, 0.717) is 34.5 Å². The summed E-state index contributed by atoms with van der Waals surface area (Å²) in [6.07, 6.45) is 19.1. The Morgan fingerprint density at radius 1 is 0.473 bits per heavy atom. The average Bonchev–Trinajstić information content (AvgIpc) is 3.18. The number of rotatable bonds is 16. The molecule has 4 aromatic carbocycles. The van der Waals surface area contributed by atoms with Gasteiger partial charge in [-0.25, -0.2) is 26.3 Å². The van der Waals surface area contributed by atoms with Crippen LogP contribution in [-0.2, 0) is 12.8 Å². The first-order valence-electron chi connectivity index (χ1n) is 20.8. The van der Waals surface area contributed by atoms with E-state index >= 15 is 0 Å². The summed E-state index contributed by atoms with van der Waals surface area (Å²) in [7, 11) is 0. The summed E-state index contributed by atoms with van der Waals surface area (Å²) in [6.45, 7) is 4.45. The van der Waals surface area contributed by atoms with Crippen LogP contribution in [0.5, 0.6) is 11.5 Å². The van der Waals surface area contributed by atoms with Crippen molar-refractivity contribution in [1.29, 1.82) is 0 Å². The molecule has 0 N–H and O–H groups in total. The molecule has 0 amide bonds. The zero-order chi connectivity index (χ0) is 38.9. The van der Waals surface area contributed by atoms with Crippen molar-refractivity contribution in [3.8, 4) is 11.5 Å². The van der Waals surface area contributed by atoms with Crippen LogP contribution in [0.15, 0.2) is 60.7 Å². The van der Waals surface area contributed by atoms with E-state index in [9.17, 15) is 26.3 Å². The molecule has 296 valence electrons. The molecule has 4 aromatic rings. The lowest BCUT2D eigenvalue weighted by Gasteiger charge is -2.30. The standard InChI is InChI=1S/C48H56F6O/c1-3-5-7-9-31-11-15-35(16-12-31)37-19-21-45(39(29-37)23-33-25-41(49)47(53)42(50)26-33)55-46-22-20-38(36-17-13-32(14-18-36)10-8-6-4-2)30-40(46)24-34-27-43(51)48(54)44(52)28-34/h19-22,25-32,35-36H,3-18,23-24H2,1-2H3. The second kappa shape index (κ2) is 19.4. The third-order valence-corrected chi connectivity index (χ3v) is 12.3. The molecule has 0 heterocycles. The molecule has 7 heteroatoms. The molecular formula is C48H56F6O. The number of halogens is 6. The smallest absolute Gasteiger partial charge is 0.194 e. The topological polar surface area (TPSA) is 9.23 Å². The van der Waals surface area contributed by atoms with Crippen molar-refractivity contribution in [1.82, 2.24) is 0 Å². The number of unbranched alkanes of at least 4 members (excludes halogenated alkanes) is 4. The molecular weight excluding hydrogens is 707 g/mol. The van der Waals surface area contributed by atoms with Crippen molar-refractivity contribution in [2.45, 2.75) is 141 Å². The number of hydrogen-bond acceptors (Lipinski definition) is 1. The summed E-state index contributed by atoms with van der Waals surface area (Å²) < 4.78 is 92.2. The Balaban J connectivity index is 1.30. The number of benzene rings is 4. The zero-order valence-corrected chi connectivity index (χ0v) is 32.5. The highest BCUT2D eigenvalue weighted by Crippen LogP contribution is 2.42. The van der Waals surface area contributed by atoms with Crippen molar-refractivity contribution < 1.29 is 31.1 Å². The number of hydrogen-bond donors (Lipinski definition) is 0. The molecule has 6 rings (SSSR count). The maximum Gasteiger partial charge on any atom is 0.194 e. The Bertz CT molecular complexity index is 1690. The predicted octanol–water partition coefficient (Wildman–Crippen LogP) is 15.2. The molecule has 2 aliphatic carbocycles. The Morgan fingerprint density at radius 3 is 1.18 bits per heavy atom. The normalized spacial score (nSPS) is 20.1. The third kappa shape index (κ3) is 10.8. The minimum Gasteiger partial charge on any atom is -0.457 e. The van der Waals surface area contributed by atoms with E-state index in [1.165, 1.54) is 51.4 Å². The van der Waals surface area contributed by atoms with E-state index in [1.807, 2.05) is 24.3 Å². The van der Waals surface area contributed by atoms with Gasteiger partial charge in [0.15, 0.2) is 34.9 Å². The summed E-state index contributed by atoms with van der Waals surface area (Å²) in [5, 5.41) is 0. The largest absolute Gasteiger partial charge is 0.457 e. The highest BCUT2D eigenvalue weighted by atomic mass is 19.2. The lowest BCUT2D eigenvalue weighted by atomic mass is 9.76. The van der Waals surface area contributed by atoms with Gasteiger partial charge >= 0.3 is 0 Å². The molecule has 0 aliphatic heterocycles. The minimum absolute atomic E-state index is 0.104. The Hall–Kier alpha value is -3.74. The highest BCUT2D eigenvalue weighted by molar-refractivity contribution is 5.48. The molecule has 0 saturated heterocycles. The second-order valence-electron chi connectivity index (χ2n) is 16.4. The molecule has 2 aliphatic rings. The molecule has 0 aromatic heterocycles. The molecule has 0 bridgehead atoms. The summed E-state index contributed by atoms with van der Waals surface area (Å²) in [4.78, 5) is 0. The van der Waals surface area contributed by atoms with Gasteiger partial charge in [0.05, 0.1) is 0 Å². The van der Waals surface area contributed by atoms with E-state index in [4.69, 9.17) is 4.74 Å². The summed E-state index contributed by atoms with van der Waals surface area (Å²) >= 11 is 0. The summed E-state index contributed by atoms with van der Waals surface area (Å²) in [5.41, 5.74) is 4.21. The van der Waals surface area contributed by atoms with Gasteiger partial charge in [-0.05, 0) is 145 Å². The third-order valence-electron chi connectivity index (χ3n) is 12.3. The van der Waals surface area contributed by atoms with E-state index in [0.717, 1.165) is 98.6 Å². The first-order valence-corrected chi connectivity index (χ1v) is 20.8. The van der Waals surface area contributed by atoms with Gasteiger partial charge in [-0.15, -0.1) is 0 Å². The van der Waals surface area contributed by atoms with Gasteiger partial charge in [-0.2, -0.15) is 0 Å².